The van der Waals surface area contributed by atoms with Crippen molar-refractivity contribution in [2.75, 3.05) is 4.90 Å². The van der Waals surface area contributed by atoms with Gasteiger partial charge in [-0.2, -0.15) is 0 Å². The molecule has 2 atom stereocenters. The van der Waals surface area contributed by atoms with Crippen LogP contribution < -0.4 is 10.6 Å². The Morgan fingerprint density at radius 3 is 2.17 bits per heavy atom. The highest BCUT2D eigenvalue weighted by Crippen LogP contribution is 2.49. The van der Waals surface area contributed by atoms with Crippen molar-refractivity contribution in [2.45, 2.75) is 18.9 Å². The zero-order chi connectivity index (χ0) is 39.2. The number of hydrogen-bond acceptors (Lipinski definition) is 2. The van der Waals surface area contributed by atoms with Gasteiger partial charge in [0.1, 0.15) is 0 Å². The lowest BCUT2D eigenvalue weighted by Gasteiger charge is -2.30. The summed E-state index contributed by atoms with van der Waals surface area (Å²) in [6.45, 7) is 6.52. The lowest BCUT2D eigenvalue weighted by atomic mass is 9.86. The molecule has 1 aliphatic carbocycles. The van der Waals surface area contributed by atoms with Crippen molar-refractivity contribution >= 4 is 50.3 Å². The summed E-state index contributed by atoms with van der Waals surface area (Å²) >= 11 is 0. The van der Waals surface area contributed by atoms with Gasteiger partial charge in [0, 0.05) is 34.3 Å². The van der Waals surface area contributed by atoms with E-state index < -0.39 is 0 Å². The highest BCUT2D eigenvalue weighted by atomic mass is 15.2. The van der Waals surface area contributed by atoms with E-state index in [1.165, 1.54) is 44.8 Å². The molecule has 278 valence electrons. The summed E-state index contributed by atoms with van der Waals surface area (Å²) < 4.78 is 2.05. The van der Waals surface area contributed by atoms with Gasteiger partial charge in [-0.25, -0.2) is 4.99 Å². The third kappa shape index (κ3) is 6.25. The molecule has 1 aliphatic heterocycles. The summed E-state index contributed by atoms with van der Waals surface area (Å²) in [5, 5.41) is 2.27. The quantitative estimate of drug-likeness (QED) is 0.100. The second kappa shape index (κ2) is 14.6. The largest absolute Gasteiger partial charge is 0.369 e. The number of aryl methyl sites for hydroxylation is 1. The van der Waals surface area contributed by atoms with Crippen molar-refractivity contribution in [1.82, 2.24) is 4.57 Å². The normalized spacial score (nSPS) is 16.2. The Kier molecular flexibility index (Phi) is 8.80. The van der Waals surface area contributed by atoms with Crippen LogP contribution in [0.1, 0.15) is 28.2 Å². The molecule has 0 fully saturated rings. The van der Waals surface area contributed by atoms with Crippen LogP contribution in [0.2, 0.25) is 0 Å². The molecule has 0 bridgehead atoms. The van der Waals surface area contributed by atoms with Gasteiger partial charge in [-0.1, -0.05) is 152 Å². The maximum absolute atomic E-state index is 6.81. The number of fused-ring (bicyclic) bond motifs is 6. The molecular formula is C54H42N4. The fraction of sp³-hybridized carbons (Fsp3) is 0.0556. The number of hydrogen-bond donors (Lipinski definition) is 1. The van der Waals surface area contributed by atoms with E-state index in [2.05, 4.69) is 205 Å². The Morgan fingerprint density at radius 2 is 1.33 bits per heavy atom. The van der Waals surface area contributed by atoms with E-state index in [4.69, 9.17) is 10.7 Å². The molecule has 8 aromatic rings. The first-order valence-corrected chi connectivity index (χ1v) is 19.8. The predicted molar refractivity (Wildman–Crippen MR) is 245 cm³/mol. The molecule has 10 rings (SSSR count). The van der Waals surface area contributed by atoms with Gasteiger partial charge in [-0.3, -0.25) is 4.57 Å². The predicted octanol–water partition coefficient (Wildman–Crippen LogP) is 13.1. The fourth-order valence-electron chi connectivity index (χ4n) is 8.76. The molecule has 0 saturated heterocycles. The lowest BCUT2D eigenvalue weighted by molar-refractivity contribution is 0.747. The van der Waals surface area contributed by atoms with Crippen molar-refractivity contribution in [1.29, 1.82) is 0 Å². The zero-order valence-electron chi connectivity index (χ0n) is 32.3. The van der Waals surface area contributed by atoms with Gasteiger partial charge in [0.15, 0.2) is 0 Å². The summed E-state index contributed by atoms with van der Waals surface area (Å²) in [4.78, 5) is 7.24. The van der Waals surface area contributed by atoms with Gasteiger partial charge in [-0.15, -0.1) is 0 Å². The first-order chi connectivity index (χ1) is 28.5. The highest BCUT2D eigenvalue weighted by Gasteiger charge is 2.38. The average Bonchev–Trinajstić information content (AvgIpc) is 3.79. The van der Waals surface area contributed by atoms with Gasteiger partial charge >= 0.3 is 0 Å². The Morgan fingerprint density at radius 1 is 0.638 bits per heavy atom. The van der Waals surface area contributed by atoms with Crippen molar-refractivity contribution in [2.24, 2.45) is 10.7 Å². The first kappa shape index (κ1) is 35.0. The molecule has 1 aromatic heterocycles. The number of nitrogens with two attached hydrogens (primary N) is 1. The fourth-order valence-corrected chi connectivity index (χ4v) is 8.76. The van der Waals surface area contributed by atoms with Crippen LogP contribution in [0.3, 0.4) is 0 Å². The SMILES string of the molecule is C=C(/C=C\N=C(/N)n1c2ccccc2c2cc(C3=CC4c5ccccc5N(c5cccc(C)c5)C4C=C3)ccc21)c1cccc(-c2ccc(-c3ccccc3)cc2)c1. The van der Waals surface area contributed by atoms with E-state index in [0.29, 0.717) is 5.96 Å². The minimum Gasteiger partial charge on any atom is -0.369 e. The highest BCUT2D eigenvalue weighted by molar-refractivity contribution is 6.14. The molecule has 0 saturated carbocycles. The smallest absolute Gasteiger partial charge is 0.205 e. The number of anilines is 2. The summed E-state index contributed by atoms with van der Waals surface area (Å²) in [5.41, 5.74) is 22.9. The minimum absolute atomic E-state index is 0.218. The zero-order valence-corrected chi connectivity index (χ0v) is 32.3. The molecule has 4 nitrogen and oxygen atoms in total. The molecular weight excluding hydrogens is 705 g/mol. The van der Waals surface area contributed by atoms with E-state index in [9.17, 15) is 0 Å². The number of benzene rings is 7. The van der Waals surface area contributed by atoms with Crippen LogP contribution in [-0.4, -0.2) is 16.6 Å². The van der Waals surface area contributed by atoms with Crippen molar-refractivity contribution in [3.05, 3.63) is 229 Å². The van der Waals surface area contributed by atoms with Gasteiger partial charge in [-0.05, 0) is 111 Å². The molecule has 2 aliphatic rings. The first-order valence-electron chi connectivity index (χ1n) is 19.8. The van der Waals surface area contributed by atoms with Crippen molar-refractivity contribution in [3.8, 4) is 22.3 Å². The maximum Gasteiger partial charge on any atom is 0.205 e. The van der Waals surface area contributed by atoms with E-state index in [0.717, 1.165) is 44.1 Å². The number of allylic oxidation sites excluding steroid dienone is 4. The minimum atomic E-state index is 0.218. The Labute approximate surface area is 339 Å². The standard InChI is InChI=1S/C54H42N4/c1-36-12-10-17-45(32-36)57-50-20-8-6-18-46(50)48-34-43(26-28-52(48)57)44-27-29-53-49(35-44)47-19-7-9-21-51(47)58(53)54(55)56-31-30-37(2)41-15-11-16-42(33-41)40-24-22-39(23-25-40)38-13-4-3-5-14-38/h3-35,48,52H,2H2,1H3,(H2,55,56)/b31-30-. The number of para-hydroxylation sites is 2. The van der Waals surface area contributed by atoms with E-state index in [-0.39, 0.29) is 12.0 Å². The summed E-state index contributed by atoms with van der Waals surface area (Å²) in [7, 11) is 0. The molecule has 4 heteroatoms. The van der Waals surface area contributed by atoms with Crippen molar-refractivity contribution in [3.63, 3.8) is 0 Å². The molecule has 0 spiro atoms. The number of rotatable bonds is 7. The molecule has 0 amide bonds. The summed E-state index contributed by atoms with van der Waals surface area (Å²) in [6, 6.07) is 60.5. The number of aromatic nitrogens is 1. The Hall–Kier alpha value is -7.43. The van der Waals surface area contributed by atoms with Crippen LogP contribution in [0.4, 0.5) is 11.4 Å². The number of aliphatic imine (C=N–C) groups is 1. The van der Waals surface area contributed by atoms with Gasteiger partial charge in [0.25, 0.3) is 0 Å². The third-order valence-electron chi connectivity index (χ3n) is 11.6. The van der Waals surface area contributed by atoms with Crippen LogP contribution in [-0.2, 0) is 0 Å². The van der Waals surface area contributed by atoms with E-state index >= 15 is 0 Å². The summed E-state index contributed by atoms with van der Waals surface area (Å²) in [6.07, 6.45) is 10.8. The van der Waals surface area contributed by atoms with E-state index in [1.807, 2.05) is 12.1 Å². The Balaban J connectivity index is 0.921. The molecule has 2 N–H and O–H groups in total. The molecule has 0 radical (unpaired) electrons. The summed E-state index contributed by atoms with van der Waals surface area (Å²) in [5.74, 6) is 0.640. The van der Waals surface area contributed by atoms with Crippen LogP contribution in [0.25, 0.3) is 55.2 Å². The second-order valence-corrected chi connectivity index (χ2v) is 15.2. The number of nitrogens with zero attached hydrogens (tertiary/aromatic N) is 3. The molecule has 2 unspecified atom stereocenters. The van der Waals surface area contributed by atoms with E-state index in [1.54, 1.807) is 6.20 Å². The maximum atomic E-state index is 6.81. The van der Waals surface area contributed by atoms with Crippen molar-refractivity contribution < 1.29 is 0 Å². The second-order valence-electron chi connectivity index (χ2n) is 15.2. The third-order valence-corrected chi connectivity index (χ3v) is 11.6. The van der Waals surface area contributed by atoms with Crippen LogP contribution >= 0.6 is 0 Å². The lowest BCUT2D eigenvalue weighted by Crippen LogP contribution is -2.29. The molecule has 7 aromatic carbocycles. The average molecular weight is 747 g/mol. The van der Waals surface area contributed by atoms with Gasteiger partial charge < -0.3 is 10.6 Å². The van der Waals surface area contributed by atoms with Crippen LogP contribution in [0.5, 0.6) is 0 Å². The van der Waals surface area contributed by atoms with Gasteiger partial charge in [0.05, 0.1) is 17.1 Å². The van der Waals surface area contributed by atoms with Crippen LogP contribution in [0.15, 0.2) is 212 Å². The van der Waals surface area contributed by atoms with Gasteiger partial charge in [0.2, 0.25) is 5.96 Å². The molecule has 2 heterocycles. The molecule has 58 heavy (non-hydrogen) atoms. The topological polar surface area (TPSA) is 46.5 Å². The van der Waals surface area contributed by atoms with Crippen LogP contribution in [0, 0.1) is 6.92 Å². The Bertz CT molecular complexity index is 3000. The monoisotopic (exact) mass is 746 g/mol.